The zero-order valence-corrected chi connectivity index (χ0v) is 35.7. The molecule has 0 fully saturated rings. The summed E-state index contributed by atoms with van der Waals surface area (Å²) in [6.45, 7) is 6.35. The SMILES string of the molecule is CC/C=C\C/C=C\C/C=C\C/C=C\CCC(=O)OCC(COC(=O)CCCCCCCCCCCCC)OC(=O)CCCCCCC/C=C\C/C=C\CCC. The van der Waals surface area contributed by atoms with Gasteiger partial charge in [-0.15, -0.1) is 0 Å². The third-order valence-corrected chi connectivity index (χ3v) is 9.19. The summed E-state index contributed by atoms with van der Waals surface area (Å²) in [4.78, 5) is 37.7. The average Bonchev–Trinajstić information content (AvgIpc) is 3.18. The number of carbonyl (C=O) groups excluding carboxylic acids is 3. The molecule has 0 heterocycles. The van der Waals surface area contributed by atoms with E-state index in [1.54, 1.807) is 0 Å². The molecule has 0 saturated carbocycles. The summed E-state index contributed by atoms with van der Waals surface area (Å²) in [6.07, 6.45) is 53.2. The van der Waals surface area contributed by atoms with Gasteiger partial charge in [-0.25, -0.2) is 0 Å². The van der Waals surface area contributed by atoms with Crippen molar-refractivity contribution in [1.82, 2.24) is 0 Å². The van der Waals surface area contributed by atoms with Gasteiger partial charge in [0.15, 0.2) is 6.10 Å². The maximum absolute atomic E-state index is 12.7. The Morgan fingerprint density at radius 2 is 0.782 bits per heavy atom. The highest BCUT2D eigenvalue weighted by Crippen LogP contribution is 2.13. The van der Waals surface area contributed by atoms with Gasteiger partial charge in [-0.3, -0.25) is 14.4 Å². The molecule has 0 aromatic rings. The number of allylic oxidation sites excluding steroid dienone is 12. The maximum Gasteiger partial charge on any atom is 0.306 e. The summed E-state index contributed by atoms with van der Waals surface area (Å²) in [5.41, 5.74) is 0. The van der Waals surface area contributed by atoms with E-state index in [2.05, 4.69) is 81.5 Å². The van der Waals surface area contributed by atoms with E-state index in [-0.39, 0.29) is 37.5 Å². The first-order valence-electron chi connectivity index (χ1n) is 22.4. The first-order chi connectivity index (χ1) is 27.0. The highest BCUT2D eigenvalue weighted by atomic mass is 16.6. The van der Waals surface area contributed by atoms with Gasteiger partial charge in [0.25, 0.3) is 0 Å². The zero-order valence-electron chi connectivity index (χ0n) is 35.7. The molecule has 0 saturated heterocycles. The molecule has 55 heavy (non-hydrogen) atoms. The maximum atomic E-state index is 12.7. The summed E-state index contributed by atoms with van der Waals surface area (Å²) >= 11 is 0. The molecule has 0 spiro atoms. The van der Waals surface area contributed by atoms with Crippen LogP contribution in [0.2, 0.25) is 0 Å². The molecule has 1 atom stereocenters. The van der Waals surface area contributed by atoms with Gasteiger partial charge in [-0.1, -0.05) is 184 Å². The Morgan fingerprint density at radius 3 is 1.29 bits per heavy atom. The third kappa shape index (κ3) is 41.8. The van der Waals surface area contributed by atoms with Crippen LogP contribution in [-0.2, 0) is 28.6 Å². The van der Waals surface area contributed by atoms with Crippen molar-refractivity contribution >= 4 is 17.9 Å². The summed E-state index contributed by atoms with van der Waals surface area (Å²) in [5.74, 6) is -1.01. The smallest absolute Gasteiger partial charge is 0.306 e. The van der Waals surface area contributed by atoms with Crippen molar-refractivity contribution < 1.29 is 28.6 Å². The Morgan fingerprint density at radius 1 is 0.382 bits per heavy atom. The lowest BCUT2D eigenvalue weighted by atomic mass is 10.1. The Bertz CT molecular complexity index is 1070. The van der Waals surface area contributed by atoms with Crippen LogP contribution in [-0.4, -0.2) is 37.2 Å². The lowest BCUT2D eigenvalue weighted by molar-refractivity contribution is -0.166. The molecule has 0 bridgehead atoms. The minimum Gasteiger partial charge on any atom is -0.462 e. The monoisotopic (exact) mass is 767 g/mol. The van der Waals surface area contributed by atoms with Gasteiger partial charge >= 0.3 is 17.9 Å². The van der Waals surface area contributed by atoms with Crippen LogP contribution in [0, 0.1) is 0 Å². The van der Waals surface area contributed by atoms with Gasteiger partial charge in [0.05, 0.1) is 0 Å². The fourth-order valence-electron chi connectivity index (χ4n) is 5.84. The fraction of sp³-hybridized carbons (Fsp3) is 0.694. The van der Waals surface area contributed by atoms with E-state index < -0.39 is 6.10 Å². The van der Waals surface area contributed by atoms with E-state index in [4.69, 9.17) is 14.2 Å². The molecule has 0 aromatic carbocycles. The average molecular weight is 767 g/mol. The first-order valence-corrected chi connectivity index (χ1v) is 22.4. The van der Waals surface area contributed by atoms with Gasteiger partial charge in [-0.05, 0) is 70.6 Å². The van der Waals surface area contributed by atoms with Crippen LogP contribution in [0.1, 0.15) is 201 Å². The Labute approximate surface area is 338 Å². The molecule has 0 rings (SSSR count). The van der Waals surface area contributed by atoms with Crippen molar-refractivity contribution in [2.45, 2.75) is 207 Å². The number of hydrogen-bond donors (Lipinski definition) is 0. The van der Waals surface area contributed by atoms with Crippen LogP contribution in [0.4, 0.5) is 0 Å². The fourth-order valence-corrected chi connectivity index (χ4v) is 5.84. The third-order valence-electron chi connectivity index (χ3n) is 9.19. The second kappa shape index (κ2) is 43.6. The number of carbonyl (C=O) groups is 3. The molecule has 0 aliphatic carbocycles. The molecular formula is C49H82O6. The van der Waals surface area contributed by atoms with E-state index in [9.17, 15) is 14.4 Å². The highest BCUT2D eigenvalue weighted by molar-refractivity contribution is 5.71. The molecule has 314 valence electrons. The van der Waals surface area contributed by atoms with Crippen LogP contribution >= 0.6 is 0 Å². The van der Waals surface area contributed by atoms with Crippen molar-refractivity contribution in [2.75, 3.05) is 13.2 Å². The summed E-state index contributed by atoms with van der Waals surface area (Å²) in [7, 11) is 0. The van der Waals surface area contributed by atoms with Crippen molar-refractivity contribution in [3.8, 4) is 0 Å². The lowest BCUT2D eigenvalue weighted by Gasteiger charge is -2.18. The second-order valence-corrected chi connectivity index (χ2v) is 14.6. The first kappa shape index (κ1) is 51.9. The molecule has 6 nitrogen and oxygen atoms in total. The van der Waals surface area contributed by atoms with E-state index in [1.807, 2.05) is 12.2 Å². The molecule has 0 radical (unpaired) electrons. The van der Waals surface area contributed by atoms with E-state index in [1.165, 1.54) is 57.8 Å². The quantitative estimate of drug-likeness (QED) is 0.0268. The minimum atomic E-state index is -0.807. The Balaban J connectivity index is 4.51. The van der Waals surface area contributed by atoms with Gasteiger partial charge in [0, 0.05) is 19.3 Å². The summed E-state index contributed by atoms with van der Waals surface area (Å²) in [6, 6.07) is 0. The molecular weight excluding hydrogens is 685 g/mol. The molecule has 6 heteroatoms. The molecule has 0 N–H and O–H groups in total. The topological polar surface area (TPSA) is 78.9 Å². The van der Waals surface area contributed by atoms with Crippen LogP contribution < -0.4 is 0 Å². The van der Waals surface area contributed by atoms with Crippen LogP contribution in [0.5, 0.6) is 0 Å². The van der Waals surface area contributed by atoms with Gasteiger partial charge in [0.1, 0.15) is 13.2 Å². The predicted octanol–water partition coefficient (Wildman–Crippen LogP) is 14.3. The zero-order chi connectivity index (χ0) is 40.1. The van der Waals surface area contributed by atoms with Crippen molar-refractivity contribution in [1.29, 1.82) is 0 Å². The molecule has 0 aromatic heterocycles. The van der Waals surface area contributed by atoms with Gasteiger partial charge in [-0.2, -0.15) is 0 Å². The summed E-state index contributed by atoms with van der Waals surface area (Å²) in [5, 5.41) is 0. The largest absolute Gasteiger partial charge is 0.462 e. The highest BCUT2D eigenvalue weighted by Gasteiger charge is 2.19. The molecule has 0 aliphatic heterocycles. The summed E-state index contributed by atoms with van der Waals surface area (Å²) < 4.78 is 16.6. The van der Waals surface area contributed by atoms with E-state index in [0.29, 0.717) is 19.3 Å². The Hall–Kier alpha value is -3.15. The number of hydrogen-bond acceptors (Lipinski definition) is 6. The predicted molar refractivity (Wildman–Crippen MR) is 233 cm³/mol. The molecule has 0 amide bonds. The van der Waals surface area contributed by atoms with Crippen LogP contribution in [0.25, 0.3) is 0 Å². The number of rotatable bonds is 39. The second-order valence-electron chi connectivity index (χ2n) is 14.6. The molecule has 0 aliphatic rings. The number of esters is 3. The van der Waals surface area contributed by atoms with Crippen LogP contribution in [0.3, 0.4) is 0 Å². The number of unbranched alkanes of at least 4 members (excludes halogenated alkanes) is 16. The van der Waals surface area contributed by atoms with Crippen LogP contribution in [0.15, 0.2) is 72.9 Å². The van der Waals surface area contributed by atoms with Crippen molar-refractivity contribution in [3.63, 3.8) is 0 Å². The van der Waals surface area contributed by atoms with E-state index in [0.717, 1.165) is 96.3 Å². The van der Waals surface area contributed by atoms with Gasteiger partial charge in [0.2, 0.25) is 0 Å². The normalized spacial score (nSPS) is 12.7. The van der Waals surface area contributed by atoms with Crippen molar-refractivity contribution in [2.24, 2.45) is 0 Å². The Kier molecular flexibility index (Phi) is 41.1. The van der Waals surface area contributed by atoms with E-state index >= 15 is 0 Å². The molecule has 1 unspecified atom stereocenters. The lowest BCUT2D eigenvalue weighted by Crippen LogP contribution is -2.30. The minimum absolute atomic E-state index is 0.103. The van der Waals surface area contributed by atoms with Gasteiger partial charge < -0.3 is 14.2 Å². The van der Waals surface area contributed by atoms with Crippen molar-refractivity contribution in [3.05, 3.63) is 72.9 Å². The number of ether oxygens (including phenoxy) is 3. The standard InChI is InChI=1S/C49H82O6/c1-4-7-10-13-16-19-22-24-27-30-33-36-39-42-48(51)54-45-46(44-53-47(50)41-38-35-32-29-26-21-18-15-12-9-6-3)55-49(52)43-40-37-34-31-28-25-23-20-17-14-11-8-5-2/h7,10-11,14,16,19-20,23-24,27,33,36,46H,4-6,8-9,12-13,15,17-18,21-22,25-26,28-32,34-35,37-45H2,1-3H3/b10-7-,14-11-,19-16-,23-20-,27-24-,36-33-.